The number of amides is 2. The van der Waals surface area contributed by atoms with E-state index >= 15 is 0 Å². The van der Waals surface area contributed by atoms with Gasteiger partial charge in [0.1, 0.15) is 11.9 Å². The van der Waals surface area contributed by atoms with E-state index in [0.29, 0.717) is 17.9 Å². The summed E-state index contributed by atoms with van der Waals surface area (Å²) < 4.78 is 13.9. The van der Waals surface area contributed by atoms with Crippen LogP contribution in [-0.4, -0.2) is 40.8 Å². The maximum atomic E-state index is 13.9. The van der Waals surface area contributed by atoms with Crippen LogP contribution in [0, 0.1) is 12.7 Å². The van der Waals surface area contributed by atoms with E-state index in [4.69, 9.17) is 0 Å². The summed E-state index contributed by atoms with van der Waals surface area (Å²) in [5, 5.41) is 2.57. The Kier molecular flexibility index (Phi) is 5.01. The van der Waals surface area contributed by atoms with Gasteiger partial charge in [-0.3, -0.25) is 9.59 Å². The van der Waals surface area contributed by atoms with Gasteiger partial charge in [-0.25, -0.2) is 4.39 Å². The molecule has 0 saturated carbocycles. The lowest BCUT2D eigenvalue weighted by molar-refractivity contribution is -0.133. The highest BCUT2D eigenvalue weighted by atomic mass is 32.2. The first-order valence-corrected chi connectivity index (χ1v) is 7.77. The van der Waals surface area contributed by atoms with Crippen molar-refractivity contribution in [3.05, 3.63) is 42.2 Å². The van der Waals surface area contributed by atoms with Crippen LogP contribution in [0.1, 0.15) is 5.56 Å². The van der Waals surface area contributed by atoms with E-state index in [-0.39, 0.29) is 17.5 Å². The van der Waals surface area contributed by atoms with Gasteiger partial charge in [0.25, 0.3) is 0 Å². The van der Waals surface area contributed by atoms with Gasteiger partial charge in [0.05, 0.1) is 5.69 Å². The molecule has 1 aromatic carbocycles. The molecule has 1 unspecified atom stereocenters. The first-order valence-electron chi connectivity index (χ1n) is 6.61. The predicted octanol–water partition coefficient (Wildman–Crippen LogP) is 2.20. The van der Waals surface area contributed by atoms with Crippen molar-refractivity contribution in [2.75, 3.05) is 23.4 Å². The molecule has 1 aliphatic rings. The molecule has 1 N–H and O–H groups in total. The Hall–Kier alpha value is -1.82. The number of aryl methyl sites for hydroxylation is 1. The van der Waals surface area contributed by atoms with Crippen LogP contribution >= 0.6 is 11.8 Å². The number of carbonyl (C=O) groups excluding carboxylic acids is 2. The molecule has 0 spiro atoms. The fourth-order valence-electron chi connectivity index (χ4n) is 2.16. The zero-order valence-electron chi connectivity index (χ0n) is 11.8. The second-order valence-electron chi connectivity index (χ2n) is 4.75. The van der Waals surface area contributed by atoms with Gasteiger partial charge >= 0.3 is 0 Å². The molecule has 6 heteroatoms. The van der Waals surface area contributed by atoms with E-state index in [9.17, 15) is 14.0 Å². The third-order valence-corrected chi connectivity index (χ3v) is 4.36. The van der Waals surface area contributed by atoms with E-state index in [1.807, 2.05) is 0 Å². The maximum absolute atomic E-state index is 13.9. The fourth-order valence-corrected chi connectivity index (χ4v) is 3.21. The molecular formula is C15H17FN2O2S. The Bertz CT molecular complexity index is 577. The summed E-state index contributed by atoms with van der Waals surface area (Å²) in [5.41, 5.74) is 0.603. The van der Waals surface area contributed by atoms with Crippen LogP contribution in [0.25, 0.3) is 0 Å². The van der Waals surface area contributed by atoms with Crippen LogP contribution in [0.5, 0.6) is 0 Å². The number of nitrogens with one attached hydrogen (secondary N) is 1. The van der Waals surface area contributed by atoms with Gasteiger partial charge < -0.3 is 10.2 Å². The Morgan fingerprint density at radius 2 is 2.29 bits per heavy atom. The summed E-state index contributed by atoms with van der Waals surface area (Å²) >= 11 is 1.60. The monoisotopic (exact) mass is 308 g/mol. The van der Waals surface area contributed by atoms with Crippen molar-refractivity contribution in [1.29, 1.82) is 0 Å². The van der Waals surface area contributed by atoms with Crippen LogP contribution in [0.15, 0.2) is 30.9 Å². The zero-order chi connectivity index (χ0) is 15.4. The zero-order valence-corrected chi connectivity index (χ0v) is 12.6. The average molecular weight is 308 g/mol. The third kappa shape index (κ3) is 3.44. The van der Waals surface area contributed by atoms with Crippen molar-refractivity contribution in [2.24, 2.45) is 0 Å². The number of halogens is 1. The lowest BCUT2D eigenvalue weighted by Crippen LogP contribution is -2.51. The number of carbonyl (C=O) groups is 2. The van der Waals surface area contributed by atoms with Gasteiger partial charge in [-0.15, -0.1) is 0 Å². The maximum Gasteiger partial charge on any atom is 0.248 e. The molecule has 1 aromatic rings. The van der Waals surface area contributed by atoms with Crippen molar-refractivity contribution >= 4 is 29.3 Å². The van der Waals surface area contributed by atoms with E-state index in [2.05, 4.69) is 11.9 Å². The van der Waals surface area contributed by atoms with E-state index in [1.165, 1.54) is 17.0 Å². The summed E-state index contributed by atoms with van der Waals surface area (Å²) in [6.07, 6.45) is 1.20. The normalized spacial score (nSPS) is 18.2. The van der Waals surface area contributed by atoms with E-state index < -0.39 is 11.9 Å². The molecular weight excluding hydrogens is 291 g/mol. The molecule has 0 radical (unpaired) electrons. The number of rotatable bonds is 3. The predicted molar refractivity (Wildman–Crippen MR) is 82.8 cm³/mol. The quantitative estimate of drug-likeness (QED) is 0.871. The summed E-state index contributed by atoms with van der Waals surface area (Å²) in [6, 6.07) is 4.22. The highest BCUT2D eigenvalue weighted by molar-refractivity contribution is 7.99. The Balaban J connectivity index is 2.16. The molecule has 1 aliphatic heterocycles. The summed E-state index contributed by atoms with van der Waals surface area (Å²) in [6.45, 7) is 5.57. The lowest BCUT2D eigenvalue weighted by atomic mass is 10.2. The molecule has 1 heterocycles. The summed E-state index contributed by atoms with van der Waals surface area (Å²) in [4.78, 5) is 25.6. The van der Waals surface area contributed by atoms with Crippen molar-refractivity contribution < 1.29 is 14.0 Å². The first-order chi connectivity index (χ1) is 10.0. The SMILES string of the molecule is C=CC(=O)N1CCSCC1C(=O)Nc1cccc(C)c1F. The van der Waals surface area contributed by atoms with Crippen molar-refractivity contribution in [1.82, 2.24) is 4.90 Å². The number of hydrogen-bond acceptors (Lipinski definition) is 3. The smallest absolute Gasteiger partial charge is 0.248 e. The largest absolute Gasteiger partial charge is 0.325 e. The molecule has 21 heavy (non-hydrogen) atoms. The van der Waals surface area contributed by atoms with E-state index in [1.54, 1.807) is 30.8 Å². The summed E-state index contributed by atoms with van der Waals surface area (Å²) in [7, 11) is 0. The minimum absolute atomic E-state index is 0.140. The van der Waals surface area contributed by atoms with Gasteiger partial charge in [-0.2, -0.15) is 11.8 Å². The van der Waals surface area contributed by atoms with Gasteiger partial charge in [0, 0.05) is 18.1 Å². The van der Waals surface area contributed by atoms with Crippen molar-refractivity contribution in [2.45, 2.75) is 13.0 Å². The van der Waals surface area contributed by atoms with Crippen molar-refractivity contribution in [3.8, 4) is 0 Å². The first kappa shape index (κ1) is 15.6. The fraction of sp³-hybridized carbons (Fsp3) is 0.333. The molecule has 2 rings (SSSR count). The second kappa shape index (κ2) is 6.76. The molecule has 2 amide bonds. The number of anilines is 1. The number of nitrogens with zero attached hydrogens (tertiary/aromatic N) is 1. The van der Waals surface area contributed by atoms with Gasteiger partial charge in [-0.1, -0.05) is 18.7 Å². The second-order valence-corrected chi connectivity index (χ2v) is 5.90. The minimum Gasteiger partial charge on any atom is -0.325 e. The molecule has 1 atom stereocenters. The average Bonchev–Trinajstić information content (AvgIpc) is 2.51. The van der Waals surface area contributed by atoms with Gasteiger partial charge in [-0.05, 0) is 24.6 Å². The molecule has 112 valence electrons. The highest BCUT2D eigenvalue weighted by Crippen LogP contribution is 2.21. The third-order valence-electron chi connectivity index (χ3n) is 3.34. The number of thioether (sulfide) groups is 1. The molecule has 1 fully saturated rings. The van der Waals surface area contributed by atoms with Gasteiger partial charge in [0.2, 0.25) is 11.8 Å². The molecule has 0 aliphatic carbocycles. The van der Waals surface area contributed by atoms with Gasteiger partial charge in [0.15, 0.2) is 0 Å². The van der Waals surface area contributed by atoms with Crippen LogP contribution in [0.4, 0.5) is 10.1 Å². The van der Waals surface area contributed by atoms with Crippen LogP contribution < -0.4 is 5.32 Å². The Morgan fingerprint density at radius 3 is 3.00 bits per heavy atom. The molecule has 1 saturated heterocycles. The van der Waals surface area contributed by atoms with Crippen LogP contribution in [-0.2, 0) is 9.59 Å². The molecule has 0 aromatic heterocycles. The van der Waals surface area contributed by atoms with E-state index in [0.717, 1.165) is 5.75 Å². The highest BCUT2D eigenvalue weighted by Gasteiger charge is 2.31. The molecule has 0 bridgehead atoms. The molecule has 4 nitrogen and oxygen atoms in total. The number of hydrogen-bond donors (Lipinski definition) is 1. The van der Waals surface area contributed by atoms with Crippen LogP contribution in [0.3, 0.4) is 0 Å². The topological polar surface area (TPSA) is 49.4 Å². The lowest BCUT2D eigenvalue weighted by Gasteiger charge is -2.33. The van der Waals surface area contributed by atoms with Crippen molar-refractivity contribution in [3.63, 3.8) is 0 Å². The Labute approximate surface area is 127 Å². The minimum atomic E-state index is -0.603. The standard InChI is InChI=1S/C15H17FN2O2S/c1-3-13(19)18-7-8-21-9-12(18)15(20)17-11-6-4-5-10(2)14(11)16/h3-6,12H,1,7-9H2,2H3,(H,17,20). The van der Waals surface area contributed by atoms with Crippen LogP contribution in [0.2, 0.25) is 0 Å². The number of benzene rings is 1. The summed E-state index contributed by atoms with van der Waals surface area (Å²) in [5.74, 6) is 0.180. The Morgan fingerprint density at radius 1 is 1.52 bits per heavy atom.